The highest BCUT2D eigenvalue weighted by Gasteiger charge is 2.22. The zero-order valence-corrected chi connectivity index (χ0v) is 16.8. The van der Waals surface area contributed by atoms with E-state index < -0.39 is 0 Å². The first-order valence-electron chi connectivity index (χ1n) is 9.53. The van der Waals surface area contributed by atoms with Crippen LogP contribution in [0.2, 0.25) is 0 Å². The number of nitrogens with one attached hydrogen (secondary N) is 1. The van der Waals surface area contributed by atoms with Crippen molar-refractivity contribution in [2.75, 3.05) is 5.32 Å². The minimum Gasteiger partial charge on any atom is -0.364 e. The van der Waals surface area contributed by atoms with Gasteiger partial charge in [0.05, 0.1) is 23.6 Å². The summed E-state index contributed by atoms with van der Waals surface area (Å²) in [4.78, 5) is 9.41. The van der Waals surface area contributed by atoms with Crippen LogP contribution in [0.1, 0.15) is 37.9 Å². The Labute approximate surface area is 165 Å². The van der Waals surface area contributed by atoms with E-state index in [1.54, 1.807) is 0 Å². The highest BCUT2D eigenvalue weighted by molar-refractivity contribution is 5.81. The van der Waals surface area contributed by atoms with E-state index in [2.05, 4.69) is 49.3 Å². The smallest absolute Gasteiger partial charge is 0.165 e. The lowest BCUT2D eigenvalue weighted by atomic mass is 9.92. The highest BCUT2D eigenvalue weighted by atomic mass is 15.3. The molecule has 0 spiro atoms. The maximum absolute atomic E-state index is 5.00. The Morgan fingerprint density at radius 2 is 1.75 bits per heavy atom. The molecule has 142 valence electrons. The van der Waals surface area contributed by atoms with Crippen molar-refractivity contribution in [1.82, 2.24) is 19.6 Å². The van der Waals surface area contributed by atoms with Gasteiger partial charge in [0.1, 0.15) is 5.82 Å². The lowest BCUT2D eigenvalue weighted by molar-refractivity contribution is 0.568. The van der Waals surface area contributed by atoms with Gasteiger partial charge in [-0.1, -0.05) is 57.2 Å². The fraction of sp³-hybridized carbons (Fsp3) is 0.261. The van der Waals surface area contributed by atoms with Gasteiger partial charge in [0, 0.05) is 23.2 Å². The number of fused-ring (bicyclic) bond motifs is 1. The van der Waals surface area contributed by atoms with Crippen molar-refractivity contribution in [2.45, 2.75) is 39.7 Å². The Bertz CT molecular complexity index is 1090. The van der Waals surface area contributed by atoms with Crippen LogP contribution in [0.25, 0.3) is 16.8 Å². The van der Waals surface area contributed by atoms with Crippen LogP contribution >= 0.6 is 0 Å². The molecule has 1 N–H and O–H groups in total. The van der Waals surface area contributed by atoms with Crippen LogP contribution in [-0.4, -0.2) is 19.6 Å². The van der Waals surface area contributed by atoms with Crippen molar-refractivity contribution in [3.63, 3.8) is 0 Å². The number of hydrogen-bond donors (Lipinski definition) is 1. The summed E-state index contributed by atoms with van der Waals surface area (Å²) < 4.78 is 1.91. The molecule has 4 rings (SSSR count). The molecule has 0 aliphatic rings. The first-order valence-corrected chi connectivity index (χ1v) is 9.53. The van der Waals surface area contributed by atoms with E-state index in [1.807, 2.05) is 54.0 Å². The van der Waals surface area contributed by atoms with Crippen LogP contribution in [0, 0.1) is 6.92 Å². The third-order valence-corrected chi connectivity index (χ3v) is 4.77. The Morgan fingerprint density at radius 1 is 1.00 bits per heavy atom. The Morgan fingerprint density at radius 3 is 2.43 bits per heavy atom. The van der Waals surface area contributed by atoms with Crippen molar-refractivity contribution in [3.8, 4) is 11.1 Å². The Kier molecular flexibility index (Phi) is 4.59. The highest BCUT2D eigenvalue weighted by Crippen LogP contribution is 2.31. The molecule has 4 aromatic rings. The van der Waals surface area contributed by atoms with E-state index in [-0.39, 0.29) is 5.41 Å². The first kappa shape index (κ1) is 18.2. The molecule has 0 unspecified atom stereocenters. The van der Waals surface area contributed by atoms with Gasteiger partial charge in [-0.25, -0.2) is 4.98 Å². The lowest BCUT2D eigenvalue weighted by Crippen LogP contribution is -2.16. The van der Waals surface area contributed by atoms with E-state index in [4.69, 9.17) is 10.1 Å². The predicted molar refractivity (Wildman–Crippen MR) is 113 cm³/mol. The summed E-state index contributed by atoms with van der Waals surface area (Å²) in [5, 5.41) is 8.30. The molecule has 0 bridgehead atoms. The summed E-state index contributed by atoms with van der Waals surface area (Å²) in [7, 11) is 0. The molecule has 3 heterocycles. The van der Waals surface area contributed by atoms with E-state index >= 15 is 0 Å². The van der Waals surface area contributed by atoms with Gasteiger partial charge < -0.3 is 5.32 Å². The second-order valence-electron chi connectivity index (χ2n) is 8.01. The number of anilines is 1. The fourth-order valence-electron chi connectivity index (χ4n) is 3.26. The number of nitrogens with zero attached hydrogens (tertiary/aromatic N) is 4. The summed E-state index contributed by atoms with van der Waals surface area (Å²) in [5.41, 5.74) is 5.98. The molecule has 0 radical (unpaired) electrons. The van der Waals surface area contributed by atoms with Gasteiger partial charge in [-0.3, -0.25) is 4.98 Å². The maximum Gasteiger partial charge on any atom is 0.165 e. The molecule has 3 aromatic heterocycles. The van der Waals surface area contributed by atoms with E-state index in [9.17, 15) is 0 Å². The van der Waals surface area contributed by atoms with Gasteiger partial charge in [0.25, 0.3) is 0 Å². The van der Waals surface area contributed by atoms with Crippen LogP contribution in [0.3, 0.4) is 0 Å². The molecule has 0 atom stereocenters. The summed E-state index contributed by atoms with van der Waals surface area (Å²) >= 11 is 0. The van der Waals surface area contributed by atoms with Gasteiger partial charge in [-0.15, -0.1) is 0 Å². The standard InChI is InChI=1S/C23H25N5/c1-16-21(17-10-6-5-7-11-17)22-26-19(23(2,3)4)14-20(28(22)27-16)25-15-18-12-8-9-13-24-18/h5-14,25H,15H2,1-4H3. The van der Waals surface area contributed by atoms with E-state index in [1.165, 1.54) is 0 Å². The zero-order chi connectivity index (χ0) is 19.7. The van der Waals surface area contributed by atoms with Gasteiger partial charge in [-0.2, -0.15) is 9.61 Å². The van der Waals surface area contributed by atoms with Gasteiger partial charge in [-0.05, 0) is 24.6 Å². The lowest BCUT2D eigenvalue weighted by Gasteiger charge is -2.20. The quantitative estimate of drug-likeness (QED) is 0.548. The van der Waals surface area contributed by atoms with Crippen LogP contribution in [-0.2, 0) is 12.0 Å². The number of rotatable bonds is 4. The average Bonchev–Trinajstić information content (AvgIpc) is 3.03. The molecule has 0 aliphatic carbocycles. The fourth-order valence-corrected chi connectivity index (χ4v) is 3.26. The molecule has 0 aliphatic heterocycles. The summed E-state index contributed by atoms with van der Waals surface area (Å²) in [6.07, 6.45) is 1.81. The molecule has 5 nitrogen and oxygen atoms in total. The molecule has 1 aromatic carbocycles. The number of benzene rings is 1. The van der Waals surface area contributed by atoms with Gasteiger partial charge in [0.15, 0.2) is 5.65 Å². The third-order valence-electron chi connectivity index (χ3n) is 4.77. The van der Waals surface area contributed by atoms with E-state index in [0.717, 1.165) is 39.7 Å². The summed E-state index contributed by atoms with van der Waals surface area (Å²) in [6.45, 7) is 9.21. The van der Waals surface area contributed by atoms with Crippen LogP contribution < -0.4 is 5.32 Å². The minimum absolute atomic E-state index is 0.0741. The Balaban J connectivity index is 1.86. The Hall–Kier alpha value is -3.21. The van der Waals surface area contributed by atoms with Crippen molar-refractivity contribution < 1.29 is 0 Å². The third kappa shape index (κ3) is 3.48. The van der Waals surface area contributed by atoms with Crippen LogP contribution in [0.5, 0.6) is 0 Å². The predicted octanol–water partition coefficient (Wildman–Crippen LogP) is 5.01. The van der Waals surface area contributed by atoms with Crippen LogP contribution in [0.4, 0.5) is 5.82 Å². The monoisotopic (exact) mass is 371 g/mol. The minimum atomic E-state index is -0.0741. The van der Waals surface area contributed by atoms with Crippen molar-refractivity contribution in [1.29, 1.82) is 0 Å². The second-order valence-corrected chi connectivity index (χ2v) is 8.01. The number of aromatic nitrogens is 4. The maximum atomic E-state index is 5.00. The number of aryl methyl sites for hydroxylation is 1. The largest absolute Gasteiger partial charge is 0.364 e. The SMILES string of the molecule is Cc1nn2c(NCc3ccccn3)cc(C(C)(C)C)nc2c1-c1ccccc1. The van der Waals surface area contributed by atoms with Crippen molar-refractivity contribution in [3.05, 3.63) is 77.9 Å². The second kappa shape index (κ2) is 7.08. The topological polar surface area (TPSA) is 55.1 Å². The number of hydrogen-bond acceptors (Lipinski definition) is 4. The average molecular weight is 371 g/mol. The molecular formula is C23H25N5. The van der Waals surface area contributed by atoms with Crippen molar-refractivity contribution in [2.24, 2.45) is 0 Å². The molecule has 5 heteroatoms. The van der Waals surface area contributed by atoms with E-state index in [0.29, 0.717) is 6.54 Å². The summed E-state index contributed by atoms with van der Waals surface area (Å²) in [5.74, 6) is 0.922. The molecular weight excluding hydrogens is 346 g/mol. The molecule has 28 heavy (non-hydrogen) atoms. The molecule has 0 fully saturated rings. The van der Waals surface area contributed by atoms with Gasteiger partial charge in [0.2, 0.25) is 0 Å². The normalized spacial score (nSPS) is 11.7. The van der Waals surface area contributed by atoms with Crippen molar-refractivity contribution >= 4 is 11.5 Å². The van der Waals surface area contributed by atoms with Gasteiger partial charge >= 0.3 is 0 Å². The molecule has 0 saturated carbocycles. The number of pyridine rings is 1. The molecule has 0 saturated heterocycles. The molecule has 0 amide bonds. The first-order chi connectivity index (χ1) is 13.4. The summed E-state index contributed by atoms with van der Waals surface area (Å²) in [6, 6.07) is 18.4. The zero-order valence-electron chi connectivity index (χ0n) is 16.8. The van der Waals surface area contributed by atoms with Crippen LogP contribution in [0.15, 0.2) is 60.8 Å².